The van der Waals surface area contributed by atoms with Crippen molar-refractivity contribution in [3.63, 3.8) is 0 Å². The lowest BCUT2D eigenvalue weighted by Crippen LogP contribution is -2.12. The summed E-state index contributed by atoms with van der Waals surface area (Å²) in [7, 11) is -3.71. The Morgan fingerprint density at radius 3 is 2.18 bits per heavy atom. The zero-order valence-corrected chi connectivity index (χ0v) is 9.98. The third kappa shape index (κ3) is 2.38. The van der Waals surface area contributed by atoms with Gasteiger partial charge in [0.25, 0.3) is 0 Å². The molecule has 0 bridgehead atoms. The van der Waals surface area contributed by atoms with Crippen LogP contribution in [0, 0.1) is 0 Å². The molecule has 2 aromatic rings. The maximum absolute atomic E-state index is 11.0. The highest BCUT2D eigenvalue weighted by Gasteiger charge is 2.09. The predicted octanol–water partition coefficient (Wildman–Crippen LogP) is 0.150. The lowest BCUT2D eigenvalue weighted by Gasteiger charge is -2.00. The normalized spacial score (nSPS) is 11.6. The standard InChI is InChI=1S/C8H8ClN5O2S/c9-7-8(10)13-14(12-7)5-1-3-6(4-2-5)17(11,15)16/h1-4H,(H2,10,13)(H2,11,15,16). The van der Waals surface area contributed by atoms with Crippen LogP contribution < -0.4 is 10.9 Å². The van der Waals surface area contributed by atoms with Gasteiger partial charge in [-0.05, 0) is 24.3 Å². The van der Waals surface area contributed by atoms with Crippen LogP contribution in [0.15, 0.2) is 29.2 Å². The highest BCUT2D eigenvalue weighted by atomic mass is 35.5. The van der Waals surface area contributed by atoms with E-state index < -0.39 is 10.0 Å². The molecule has 4 N–H and O–H groups in total. The van der Waals surface area contributed by atoms with Crippen molar-refractivity contribution in [2.75, 3.05) is 5.73 Å². The van der Waals surface area contributed by atoms with Gasteiger partial charge < -0.3 is 5.73 Å². The summed E-state index contributed by atoms with van der Waals surface area (Å²) in [5.41, 5.74) is 5.96. The van der Waals surface area contributed by atoms with Gasteiger partial charge in [-0.15, -0.1) is 15.0 Å². The summed E-state index contributed by atoms with van der Waals surface area (Å²) in [6.07, 6.45) is 0. The van der Waals surface area contributed by atoms with Gasteiger partial charge in [0.2, 0.25) is 10.0 Å². The Bertz CT molecular complexity index is 630. The molecule has 0 aliphatic heterocycles. The summed E-state index contributed by atoms with van der Waals surface area (Å²) in [4.78, 5) is 1.21. The number of benzene rings is 1. The minimum absolute atomic E-state index is 0.00692. The number of anilines is 1. The van der Waals surface area contributed by atoms with E-state index in [9.17, 15) is 8.42 Å². The van der Waals surface area contributed by atoms with E-state index >= 15 is 0 Å². The van der Waals surface area contributed by atoms with Crippen molar-refractivity contribution in [1.29, 1.82) is 0 Å². The molecule has 9 heteroatoms. The second kappa shape index (κ2) is 3.99. The zero-order valence-electron chi connectivity index (χ0n) is 8.41. The molecule has 0 aliphatic rings. The smallest absolute Gasteiger partial charge is 0.238 e. The number of halogens is 1. The van der Waals surface area contributed by atoms with Crippen molar-refractivity contribution in [1.82, 2.24) is 15.0 Å². The molecule has 2 rings (SSSR count). The second-order valence-electron chi connectivity index (χ2n) is 3.20. The first-order chi connectivity index (χ1) is 7.88. The van der Waals surface area contributed by atoms with Crippen molar-refractivity contribution < 1.29 is 8.42 Å². The van der Waals surface area contributed by atoms with Crippen LogP contribution in [0.3, 0.4) is 0 Å². The zero-order chi connectivity index (χ0) is 12.6. The number of rotatable bonds is 2. The summed E-state index contributed by atoms with van der Waals surface area (Å²) >= 11 is 5.65. The summed E-state index contributed by atoms with van der Waals surface area (Å²) in [5.74, 6) is 0.0992. The number of hydrogen-bond donors (Lipinski definition) is 2. The maximum atomic E-state index is 11.0. The number of nitrogens with two attached hydrogens (primary N) is 2. The van der Waals surface area contributed by atoms with E-state index in [-0.39, 0.29) is 15.9 Å². The molecule has 0 atom stereocenters. The maximum Gasteiger partial charge on any atom is 0.238 e. The Kier molecular flexibility index (Phi) is 2.77. The van der Waals surface area contributed by atoms with E-state index in [0.29, 0.717) is 5.69 Å². The van der Waals surface area contributed by atoms with Gasteiger partial charge in [-0.1, -0.05) is 11.6 Å². The number of aromatic nitrogens is 3. The van der Waals surface area contributed by atoms with Gasteiger partial charge in [0.15, 0.2) is 11.0 Å². The molecule has 1 aromatic heterocycles. The minimum atomic E-state index is -3.71. The van der Waals surface area contributed by atoms with E-state index in [2.05, 4.69) is 10.2 Å². The largest absolute Gasteiger partial charge is 0.380 e. The molecule has 0 aliphatic carbocycles. The lowest BCUT2D eigenvalue weighted by atomic mass is 10.3. The van der Waals surface area contributed by atoms with Crippen LogP contribution >= 0.6 is 11.6 Å². The Morgan fingerprint density at radius 1 is 1.18 bits per heavy atom. The molecule has 7 nitrogen and oxygen atoms in total. The highest BCUT2D eigenvalue weighted by Crippen LogP contribution is 2.16. The van der Waals surface area contributed by atoms with Crippen LogP contribution in [0.25, 0.3) is 5.69 Å². The van der Waals surface area contributed by atoms with Crippen LogP contribution in [-0.2, 0) is 10.0 Å². The molecule has 0 saturated heterocycles. The quantitative estimate of drug-likeness (QED) is 0.808. The molecule has 1 heterocycles. The van der Waals surface area contributed by atoms with Crippen LogP contribution in [0.4, 0.5) is 5.82 Å². The average Bonchev–Trinajstić information content (AvgIpc) is 2.58. The molecule has 0 amide bonds. The molecular weight excluding hydrogens is 266 g/mol. The number of hydrogen-bond acceptors (Lipinski definition) is 5. The van der Waals surface area contributed by atoms with Gasteiger partial charge in [0.05, 0.1) is 10.6 Å². The molecule has 1 aromatic carbocycles. The fraction of sp³-hybridized carbons (Fsp3) is 0. The monoisotopic (exact) mass is 273 g/mol. The van der Waals surface area contributed by atoms with Crippen molar-refractivity contribution in [3.8, 4) is 5.69 Å². The SMILES string of the molecule is Nc1nn(-c2ccc(S(N)(=O)=O)cc2)nc1Cl. The molecule has 0 saturated carbocycles. The first-order valence-electron chi connectivity index (χ1n) is 4.39. The number of nitrogens with zero attached hydrogens (tertiary/aromatic N) is 3. The van der Waals surface area contributed by atoms with Crippen molar-refractivity contribution in [2.45, 2.75) is 4.90 Å². The summed E-state index contributed by atoms with van der Waals surface area (Å²) in [5, 5.41) is 12.7. The fourth-order valence-electron chi connectivity index (χ4n) is 1.18. The number of nitrogen functional groups attached to an aromatic ring is 1. The van der Waals surface area contributed by atoms with E-state index in [4.69, 9.17) is 22.5 Å². The van der Waals surface area contributed by atoms with Gasteiger partial charge in [0.1, 0.15) is 0 Å². The summed E-state index contributed by atoms with van der Waals surface area (Å²) in [6.45, 7) is 0. The molecule has 17 heavy (non-hydrogen) atoms. The Morgan fingerprint density at radius 2 is 1.76 bits per heavy atom. The van der Waals surface area contributed by atoms with E-state index in [1.807, 2.05) is 0 Å². The average molecular weight is 274 g/mol. The van der Waals surface area contributed by atoms with Crippen LogP contribution in [0.2, 0.25) is 5.15 Å². The summed E-state index contributed by atoms with van der Waals surface area (Å²) in [6, 6.07) is 5.68. The van der Waals surface area contributed by atoms with E-state index in [1.54, 1.807) is 0 Å². The lowest BCUT2D eigenvalue weighted by molar-refractivity contribution is 0.597. The molecule has 90 valence electrons. The molecule has 0 spiro atoms. The van der Waals surface area contributed by atoms with Gasteiger partial charge in [-0.25, -0.2) is 13.6 Å². The van der Waals surface area contributed by atoms with Gasteiger partial charge in [0, 0.05) is 0 Å². The molecule has 0 fully saturated rings. The van der Waals surface area contributed by atoms with Crippen LogP contribution in [0.1, 0.15) is 0 Å². The second-order valence-corrected chi connectivity index (χ2v) is 5.12. The fourth-order valence-corrected chi connectivity index (χ4v) is 1.81. The van der Waals surface area contributed by atoms with Gasteiger partial charge in [-0.2, -0.15) is 0 Å². The van der Waals surface area contributed by atoms with Crippen molar-refractivity contribution in [3.05, 3.63) is 29.4 Å². The predicted molar refractivity (Wildman–Crippen MR) is 62.2 cm³/mol. The minimum Gasteiger partial charge on any atom is -0.380 e. The van der Waals surface area contributed by atoms with E-state index in [0.717, 1.165) is 0 Å². The molecule has 0 unspecified atom stereocenters. The first kappa shape index (κ1) is 11.8. The Labute approximate surface area is 102 Å². The van der Waals surface area contributed by atoms with Gasteiger partial charge >= 0.3 is 0 Å². The summed E-state index contributed by atoms with van der Waals surface area (Å²) < 4.78 is 22.1. The van der Waals surface area contributed by atoms with Crippen LogP contribution in [0.5, 0.6) is 0 Å². The highest BCUT2D eigenvalue weighted by molar-refractivity contribution is 7.89. The molecule has 0 radical (unpaired) electrons. The number of primary sulfonamides is 1. The third-order valence-electron chi connectivity index (χ3n) is 1.99. The Balaban J connectivity index is 2.42. The number of sulfonamides is 1. The first-order valence-corrected chi connectivity index (χ1v) is 6.32. The van der Waals surface area contributed by atoms with Gasteiger partial charge in [-0.3, -0.25) is 0 Å². The Hall–Kier alpha value is -1.64. The topological polar surface area (TPSA) is 117 Å². The molecular formula is C8H8ClN5O2S. The van der Waals surface area contributed by atoms with Crippen molar-refractivity contribution in [2.24, 2.45) is 5.14 Å². The van der Waals surface area contributed by atoms with Crippen molar-refractivity contribution >= 4 is 27.4 Å². The van der Waals surface area contributed by atoms with E-state index in [1.165, 1.54) is 29.1 Å². The van der Waals surface area contributed by atoms with Crippen LogP contribution in [-0.4, -0.2) is 23.4 Å². The third-order valence-corrected chi connectivity index (χ3v) is 3.19.